The van der Waals surface area contributed by atoms with Crippen molar-refractivity contribution in [2.75, 3.05) is 13.1 Å². The number of aryl methyl sites for hydroxylation is 1. The normalized spacial score (nSPS) is 22.6. The van der Waals surface area contributed by atoms with Crippen molar-refractivity contribution in [2.45, 2.75) is 44.9 Å². The Morgan fingerprint density at radius 2 is 2.06 bits per heavy atom. The minimum atomic E-state index is -0.154. The molecule has 2 atom stereocenters. The fraction of sp³-hybridized carbons (Fsp3) is 0.692. The molecule has 0 amide bonds. The van der Waals surface area contributed by atoms with E-state index in [1.54, 1.807) is 0 Å². The van der Waals surface area contributed by atoms with Gasteiger partial charge in [-0.3, -0.25) is 4.90 Å². The second-order valence-electron chi connectivity index (χ2n) is 5.02. The minimum Gasteiger partial charge on any atom is -0.465 e. The Hall–Kier alpha value is -0.840. The molecule has 0 spiro atoms. The number of hydrogen-bond acceptors (Lipinski definition) is 4. The molecule has 2 unspecified atom stereocenters. The summed E-state index contributed by atoms with van der Waals surface area (Å²) >= 11 is 0. The summed E-state index contributed by atoms with van der Waals surface area (Å²) in [5.41, 5.74) is 6.08. The second kappa shape index (κ2) is 5.21. The van der Waals surface area contributed by atoms with E-state index in [9.17, 15) is 5.11 Å². The van der Waals surface area contributed by atoms with Crippen LogP contribution in [0.15, 0.2) is 16.5 Å². The number of nitrogens with two attached hydrogens (primary N) is 1. The molecule has 0 aromatic carbocycles. The maximum Gasteiger partial charge on any atom is 0.122 e. The maximum atomic E-state index is 9.54. The van der Waals surface area contributed by atoms with Crippen LogP contribution in [0.4, 0.5) is 0 Å². The molecule has 0 radical (unpaired) electrons. The molecule has 0 saturated carbocycles. The van der Waals surface area contributed by atoms with E-state index < -0.39 is 0 Å². The Bertz CT molecular complexity index is 354. The molecule has 1 aliphatic heterocycles. The summed E-state index contributed by atoms with van der Waals surface area (Å²) in [5, 5.41) is 9.54. The van der Waals surface area contributed by atoms with Crippen LogP contribution < -0.4 is 5.73 Å². The number of nitrogens with zero attached hydrogens (tertiary/aromatic N) is 1. The number of furan rings is 1. The van der Waals surface area contributed by atoms with Gasteiger partial charge in [0, 0.05) is 19.1 Å². The van der Waals surface area contributed by atoms with Crippen molar-refractivity contribution < 1.29 is 9.52 Å². The highest BCUT2D eigenvalue weighted by molar-refractivity contribution is 5.12. The lowest BCUT2D eigenvalue weighted by Crippen LogP contribution is -2.44. The molecule has 3 N–H and O–H groups in total. The van der Waals surface area contributed by atoms with Gasteiger partial charge in [0.1, 0.15) is 11.5 Å². The van der Waals surface area contributed by atoms with Crippen molar-refractivity contribution >= 4 is 0 Å². The van der Waals surface area contributed by atoms with Crippen molar-refractivity contribution in [3.05, 3.63) is 23.7 Å². The molecule has 96 valence electrons. The van der Waals surface area contributed by atoms with Crippen molar-refractivity contribution in [1.29, 1.82) is 0 Å². The van der Waals surface area contributed by atoms with Gasteiger partial charge in [0.2, 0.25) is 0 Å². The summed E-state index contributed by atoms with van der Waals surface area (Å²) in [6.45, 7) is 5.72. The Morgan fingerprint density at radius 3 is 2.53 bits per heavy atom. The number of aliphatic hydroxyl groups excluding tert-OH is 1. The number of piperidine rings is 1. The maximum absolute atomic E-state index is 9.54. The summed E-state index contributed by atoms with van der Waals surface area (Å²) in [4.78, 5) is 2.32. The van der Waals surface area contributed by atoms with E-state index in [4.69, 9.17) is 10.2 Å². The van der Waals surface area contributed by atoms with Crippen LogP contribution in [0.1, 0.15) is 37.3 Å². The van der Waals surface area contributed by atoms with Crippen LogP contribution >= 0.6 is 0 Å². The van der Waals surface area contributed by atoms with Gasteiger partial charge in [0.25, 0.3) is 0 Å². The van der Waals surface area contributed by atoms with Gasteiger partial charge in [-0.2, -0.15) is 0 Å². The molecule has 0 bridgehead atoms. The van der Waals surface area contributed by atoms with Gasteiger partial charge in [-0.15, -0.1) is 0 Å². The van der Waals surface area contributed by atoms with Crippen molar-refractivity contribution in [3.8, 4) is 0 Å². The van der Waals surface area contributed by atoms with E-state index in [1.807, 2.05) is 26.0 Å². The molecule has 17 heavy (non-hydrogen) atoms. The Morgan fingerprint density at radius 1 is 1.41 bits per heavy atom. The zero-order chi connectivity index (χ0) is 12.4. The quantitative estimate of drug-likeness (QED) is 0.836. The van der Waals surface area contributed by atoms with Crippen LogP contribution in [-0.2, 0) is 0 Å². The first kappa shape index (κ1) is 12.6. The third-order valence-corrected chi connectivity index (χ3v) is 3.44. The topological polar surface area (TPSA) is 62.6 Å². The first-order chi connectivity index (χ1) is 8.08. The monoisotopic (exact) mass is 238 g/mol. The van der Waals surface area contributed by atoms with Crippen molar-refractivity contribution in [2.24, 2.45) is 5.73 Å². The first-order valence-electron chi connectivity index (χ1n) is 6.32. The summed E-state index contributed by atoms with van der Waals surface area (Å²) in [6, 6.07) is 4.13. The Kier molecular flexibility index (Phi) is 3.86. The van der Waals surface area contributed by atoms with Gasteiger partial charge in [-0.05, 0) is 38.8 Å². The van der Waals surface area contributed by atoms with E-state index >= 15 is 0 Å². The third-order valence-electron chi connectivity index (χ3n) is 3.44. The highest BCUT2D eigenvalue weighted by atomic mass is 16.3. The molecule has 4 nitrogen and oxygen atoms in total. The lowest BCUT2D eigenvalue weighted by atomic mass is 10.0. The van der Waals surface area contributed by atoms with E-state index in [1.165, 1.54) is 0 Å². The van der Waals surface area contributed by atoms with Crippen LogP contribution in [0.3, 0.4) is 0 Å². The number of rotatable bonds is 3. The van der Waals surface area contributed by atoms with Crippen LogP contribution in [0.2, 0.25) is 0 Å². The highest BCUT2D eigenvalue weighted by Crippen LogP contribution is 2.28. The average molecular weight is 238 g/mol. The summed E-state index contributed by atoms with van der Waals surface area (Å²) in [5.74, 6) is 1.86. The molecule has 2 heterocycles. The second-order valence-corrected chi connectivity index (χ2v) is 5.02. The molecule has 1 fully saturated rings. The molecule has 0 aliphatic carbocycles. The predicted molar refractivity (Wildman–Crippen MR) is 66.6 cm³/mol. The lowest BCUT2D eigenvalue weighted by molar-refractivity contribution is 0.0484. The van der Waals surface area contributed by atoms with E-state index in [-0.39, 0.29) is 18.2 Å². The van der Waals surface area contributed by atoms with Gasteiger partial charge in [0.15, 0.2) is 0 Å². The molecule has 1 aromatic heterocycles. The molecule has 1 saturated heterocycles. The molecule has 1 aliphatic rings. The van der Waals surface area contributed by atoms with Gasteiger partial charge in [0.05, 0.1) is 12.1 Å². The smallest absolute Gasteiger partial charge is 0.122 e. The van der Waals surface area contributed by atoms with Crippen LogP contribution in [0, 0.1) is 6.92 Å². The molecular weight excluding hydrogens is 216 g/mol. The standard InChI is InChI=1S/C13H22N2O2/c1-9-3-4-12(17-9)13(10(2)14)15-7-5-11(16)6-8-15/h3-4,10-11,13,16H,5-8,14H2,1-2H3. The van der Waals surface area contributed by atoms with Gasteiger partial charge < -0.3 is 15.3 Å². The SMILES string of the molecule is Cc1ccc(C(C(C)N)N2CCC(O)CC2)o1. The summed E-state index contributed by atoms with van der Waals surface area (Å²) in [7, 11) is 0. The van der Waals surface area contributed by atoms with Crippen molar-refractivity contribution in [3.63, 3.8) is 0 Å². The summed E-state index contributed by atoms with van der Waals surface area (Å²) < 4.78 is 5.70. The fourth-order valence-electron chi connectivity index (χ4n) is 2.55. The van der Waals surface area contributed by atoms with Crippen LogP contribution in [0.25, 0.3) is 0 Å². The van der Waals surface area contributed by atoms with Crippen molar-refractivity contribution in [1.82, 2.24) is 4.90 Å². The minimum absolute atomic E-state index is 0.0239. The lowest BCUT2D eigenvalue weighted by Gasteiger charge is -2.37. The van der Waals surface area contributed by atoms with E-state index in [2.05, 4.69) is 4.90 Å². The zero-order valence-corrected chi connectivity index (χ0v) is 10.6. The van der Waals surface area contributed by atoms with Gasteiger partial charge in [-0.25, -0.2) is 0 Å². The molecule has 1 aromatic rings. The first-order valence-corrected chi connectivity index (χ1v) is 6.32. The van der Waals surface area contributed by atoms with Gasteiger partial charge in [-0.1, -0.05) is 0 Å². The number of likely N-dealkylation sites (tertiary alicyclic amines) is 1. The summed E-state index contributed by atoms with van der Waals surface area (Å²) in [6.07, 6.45) is 1.49. The average Bonchev–Trinajstić information content (AvgIpc) is 2.68. The van der Waals surface area contributed by atoms with Crippen LogP contribution in [0.5, 0.6) is 0 Å². The fourth-order valence-corrected chi connectivity index (χ4v) is 2.55. The largest absolute Gasteiger partial charge is 0.465 e. The number of aliphatic hydroxyl groups is 1. The Labute approximate surface area is 102 Å². The van der Waals surface area contributed by atoms with E-state index in [0.29, 0.717) is 0 Å². The van der Waals surface area contributed by atoms with Crippen LogP contribution in [-0.4, -0.2) is 35.2 Å². The number of hydrogen-bond donors (Lipinski definition) is 2. The zero-order valence-electron chi connectivity index (χ0n) is 10.6. The highest BCUT2D eigenvalue weighted by Gasteiger charge is 2.29. The molecule has 2 rings (SSSR count). The molecule has 4 heteroatoms. The Balaban J connectivity index is 2.12. The molecular formula is C13H22N2O2. The van der Waals surface area contributed by atoms with Gasteiger partial charge >= 0.3 is 0 Å². The predicted octanol–water partition coefficient (Wildman–Crippen LogP) is 1.43. The van der Waals surface area contributed by atoms with E-state index in [0.717, 1.165) is 37.5 Å². The third kappa shape index (κ3) is 2.89.